The molecule has 1 aliphatic heterocycles. The second-order valence-electron chi connectivity index (χ2n) is 6.81. The third-order valence-electron chi connectivity index (χ3n) is 5.08. The maximum absolute atomic E-state index is 13.0. The Bertz CT molecular complexity index is 779. The summed E-state index contributed by atoms with van der Waals surface area (Å²) in [6.07, 6.45) is 1.85. The van der Waals surface area contributed by atoms with E-state index < -0.39 is 0 Å². The van der Waals surface area contributed by atoms with E-state index >= 15 is 0 Å². The second-order valence-corrected chi connectivity index (χ2v) is 7.25. The molecule has 152 valence electrons. The molecule has 1 saturated heterocycles. The van der Waals surface area contributed by atoms with Crippen LogP contribution in [0.4, 0.5) is 4.39 Å². The number of nitrogens with zero attached hydrogens (tertiary/aromatic N) is 1. The maximum Gasteiger partial charge on any atom is 0.191 e. The van der Waals surface area contributed by atoms with Gasteiger partial charge in [-0.2, -0.15) is 0 Å². The van der Waals surface area contributed by atoms with Crippen LogP contribution in [0.5, 0.6) is 0 Å². The van der Waals surface area contributed by atoms with Crippen LogP contribution in [0.3, 0.4) is 0 Å². The van der Waals surface area contributed by atoms with E-state index in [0.29, 0.717) is 12.5 Å². The number of hydrogen-bond acceptors (Lipinski definition) is 2. The third-order valence-corrected chi connectivity index (χ3v) is 5.31. The Hall–Kier alpha value is -1.38. The van der Waals surface area contributed by atoms with E-state index in [1.165, 1.54) is 17.7 Å². The van der Waals surface area contributed by atoms with Gasteiger partial charge in [0.15, 0.2) is 5.96 Å². The lowest BCUT2D eigenvalue weighted by molar-refractivity contribution is 0.0514. The largest absolute Gasteiger partial charge is 0.381 e. The number of ether oxygens (including phenoxy) is 1. The van der Waals surface area contributed by atoms with Crippen molar-refractivity contribution >= 4 is 41.5 Å². The molecule has 1 aliphatic rings. The summed E-state index contributed by atoms with van der Waals surface area (Å²) < 4.78 is 18.6. The molecule has 2 aromatic carbocycles. The van der Waals surface area contributed by atoms with Gasteiger partial charge in [0.25, 0.3) is 0 Å². The molecule has 0 atom stereocenters. The molecule has 0 spiro atoms. The number of halogens is 3. The van der Waals surface area contributed by atoms with E-state index in [1.807, 2.05) is 18.2 Å². The summed E-state index contributed by atoms with van der Waals surface area (Å²) in [6, 6.07) is 14.5. The first-order valence-corrected chi connectivity index (χ1v) is 9.52. The molecule has 4 nitrogen and oxygen atoms in total. The molecule has 0 unspecified atom stereocenters. The summed E-state index contributed by atoms with van der Waals surface area (Å²) in [5.41, 5.74) is 2.17. The molecule has 0 amide bonds. The van der Waals surface area contributed by atoms with Crippen LogP contribution in [0, 0.1) is 5.82 Å². The minimum absolute atomic E-state index is 0. The average Bonchev–Trinajstić information content (AvgIpc) is 2.70. The number of benzene rings is 2. The number of nitrogens with one attached hydrogen (secondary N) is 2. The van der Waals surface area contributed by atoms with Crippen molar-refractivity contribution in [1.29, 1.82) is 0 Å². The van der Waals surface area contributed by atoms with Crippen LogP contribution in [0.15, 0.2) is 53.5 Å². The van der Waals surface area contributed by atoms with Gasteiger partial charge in [-0.25, -0.2) is 4.39 Å². The van der Waals surface area contributed by atoms with Gasteiger partial charge in [0.1, 0.15) is 5.82 Å². The first-order valence-electron chi connectivity index (χ1n) is 9.14. The Balaban J connectivity index is 0.00000280. The van der Waals surface area contributed by atoms with Crippen LogP contribution in [0.25, 0.3) is 0 Å². The highest BCUT2D eigenvalue weighted by molar-refractivity contribution is 14.0. The van der Waals surface area contributed by atoms with Crippen molar-refractivity contribution in [3.63, 3.8) is 0 Å². The van der Waals surface area contributed by atoms with Gasteiger partial charge in [0.2, 0.25) is 0 Å². The standard InChI is InChI=1S/C21H25ClFN3O.HI/c1-24-20(25-14-16-5-7-19(23)8-6-16)26-15-21(9-11-27-12-10-21)17-3-2-4-18(22)13-17;/h2-8,13H,9-12,14-15H2,1H3,(H2,24,25,26);1H. The first kappa shape index (κ1) is 22.9. The Morgan fingerprint density at radius 1 is 1.14 bits per heavy atom. The van der Waals surface area contributed by atoms with Gasteiger partial charge < -0.3 is 15.4 Å². The number of aliphatic imine (C=N–C) groups is 1. The normalized spacial score (nSPS) is 16.2. The van der Waals surface area contributed by atoms with Crippen molar-refractivity contribution < 1.29 is 9.13 Å². The molecule has 2 N–H and O–H groups in total. The zero-order chi connectivity index (χ0) is 19.1. The lowest BCUT2D eigenvalue weighted by Crippen LogP contribution is -2.47. The zero-order valence-electron chi connectivity index (χ0n) is 15.9. The zero-order valence-corrected chi connectivity index (χ0v) is 19.0. The van der Waals surface area contributed by atoms with Crippen molar-refractivity contribution in [2.75, 3.05) is 26.8 Å². The molecule has 28 heavy (non-hydrogen) atoms. The van der Waals surface area contributed by atoms with Crippen LogP contribution >= 0.6 is 35.6 Å². The molecular formula is C21H26ClFIN3O. The van der Waals surface area contributed by atoms with Crippen molar-refractivity contribution in [1.82, 2.24) is 10.6 Å². The summed E-state index contributed by atoms with van der Waals surface area (Å²) in [5.74, 6) is 0.483. The Morgan fingerprint density at radius 3 is 2.50 bits per heavy atom. The average molecular weight is 518 g/mol. The first-order chi connectivity index (χ1) is 13.1. The van der Waals surface area contributed by atoms with E-state index in [2.05, 4.69) is 21.7 Å². The van der Waals surface area contributed by atoms with Crippen LogP contribution in [0.1, 0.15) is 24.0 Å². The van der Waals surface area contributed by atoms with E-state index in [0.717, 1.165) is 43.2 Å². The predicted molar refractivity (Wildman–Crippen MR) is 123 cm³/mol. The quantitative estimate of drug-likeness (QED) is 0.349. The Morgan fingerprint density at radius 2 is 1.86 bits per heavy atom. The van der Waals surface area contributed by atoms with Gasteiger partial charge >= 0.3 is 0 Å². The molecule has 0 radical (unpaired) electrons. The molecule has 2 aromatic rings. The van der Waals surface area contributed by atoms with E-state index in [9.17, 15) is 4.39 Å². The fraction of sp³-hybridized carbons (Fsp3) is 0.381. The van der Waals surface area contributed by atoms with Crippen molar-refractivity contribution in [3.05, 3.63) is 70.5 Å². The Labute approximate surface area is 187 Å². The fourth-order valence-corrected chi connectivity index (χ4v) is 3.60. The summed E-state index contributed by atoms with van der Waals surface area (Å²) in [6.45, 7) is 2.78. The van der Waals surface area contributed by atoms with E-state index in [4.69, 9.17) is 16.3 Å². The highest BCUT2D eigenvalue weighted by atomic mass is 127. The van der Waals surface area contributed by atoms with Crippen molar-refractivity contribution in [2.24, 2.45) is 4.99 Å². The minimum Gasteiger partial charge on any atom is -0.381 e. The summed E-state index contributed by atoms with van der Waals surface area (Å²) in [7, 11) is 1.75. The molecule has 0 bridgehead atoms. The number of hydrogen-bond donors (Lipinski definition) is 2. The lowest BCUT2D eigenvalue weighted by atomic mass is 9.74. The van der Waals surface area contributed by atoms with Crippen LogP contribution < -0.4 is 10.6 Å². The SMILES string of the molecule is CN=C(NCc1ccc(F)cc1)NCC1(c2cccc(Cl)c2)CCOCC1.I. The highest BCUT2D eigenvalue weighted by Gasteiger charge is 2.34. The molecule has 1 heterocycles. The van der Waals surface area contributed by atoms with Gasteiger partial charge in [-0.05, 0) is 48.2 Å². The molecular weight excluding hydrogens is 492 g/mol. The minimum atomic E-state index is -0.232. The van der Waals surface area contributed by atoms with Crippen LogP contribution in [-0.4, -0.2) is 32.8 Å². The topological polar surface area (TPSA) is 45.7 Å². The highest BCUT2D eigenvalue weighted by Crippen LogP contribution is 2.35. The summed E-state index contributed by atoms with van der Waals surface area (Å²) in [5, 5.41) is 7.48. The molecule has 0 aliphatic carbocycles. The molecule has 1 fully saturated rings. The monoisotopic (exact) mass is 517 g/mol. The van der Waals surface area contributed by atoms with E-state index in [1.54, 1.807) is 19.2 Å². The van der Waals surface area contributed by atoms with Gasteiger partial charge in [0.05, 0.1) is 0 Å². The van der Waals surface area contributed by atoms with Gasteiger partial charge in [-0.3, -0.25) is 4.99 Å². The van der Waals surface area contributed by atoms with Gasteiger partial charge in [-0.1, -0.05) is 35.9 Å². The number of guanidine groups is 1. The number of rotatable bonds is 5. The fourth-order valence-electron chi connectivity index (χ4n) is 3.41. The Kier molecular flexibility index (Phi) is 8.98. The molecule has 0 saturated carbocycles. The van der Waals surface area contributed by atoms with Crippen LogP contribution in [-0.2, 0) is 16.7 Å². The molecule has 3 rings (SSSR count). The van der Waals surface area contributed by atoms with Crippen LogP contribution in [0.2, 0.25) is 5.02 Å². The predicted octanol–water partition coefficient (Wildman–Crippen LogP) is 4.51. The smallest absolute Gasteiger partial charge is 0.191 e. The molecule has 0 aromatic heterocycles. The summed E-state index contributed by atoms with van der Waals surface area (Å²) in [4.78, 5) is 4.31. The van der Waals surface area contributed by atoms with Crippen molar-refractivity contribution in [2.45, 2.75) is 24.8 Å². The van der Waals surface area contributed by atoms with Crippen molar-refractivity contribution in [3.8, 4) is 0 Å². The third kappa shape index (κ3) is 6.06. The maximum atomic E-state index is 13.0. The summed E-state index contributed by atoms with van der Waals surface area (Å²) >= 11 is 6.23. The van der Waals surface area contributed by atoms with E-state index in [-0.39, 0.29) is 35.2 Å². The van der Waals surface area contributed by atoms with Gasteiger partial charge in [-0.15, -0.1) is 24.0 Å². The second kappa shape index (κ2) is 11.0. The van der Waals surface area contributed by atoms with Gasteiger partial charge in [0, 0.05) is 43.8 Å². The molecule has 7 heteroatoms. The lowest BCUT2D eigenvalue weighted by Gasteiger charge is -2.38.